The lowest BCUT2D eigenvalue weighted by Gasteiger charge is -2.15. The van der Waals surface area contributed by atoms with Crippen LogP contribution in [0.25, 0.3) is 6.08 Å². The van der Waals surface area contributed by atoms with Crippen molar-refractivity contribution in [2.24, 2.45) is 0 Å². The number of carbonyl (C=O) groups excluding carboxylic acids is 5. The molecule has 2 aliphatic rings. The number of nitrogens with one attached hydrogen (secondary N) is 1. The first-order chi connectivity index (χ1) is 15.0. The normalized spacial score (nSPS) is 17.0. The molecule has 0 saturated carbocycles. The van der Waals surface area contributed by atoms with Gasteiger partial charge in [-0.3, -0.25) is 38.8 Å². The molecule has 0 spiro atoms. The molecule has 1 aromatic carbocycles. The van der Waals surface area contributed by atoms with Crippen LogP contribution in [0.1, 0.15) is 26.3 Å². The smallest absolute Gasteiger partial charge is 0.293 e. The van der Waals surface area contributed by atoms with Crippen LogP contribution in [0.2, 0.25) is 0 Å². The highest BCUT2D eigenvalue weighted by molar-refractivity contribution is 8.18. The van der Waals surface area contributed by atoms with Gasteiger partial charge in [0.15, 0.2) is 0 Å². The Hall–Kier alpha value is -3.79. The summed E-state index contributed by atoms with van der Waals surface area (Å²) in [5.74, 6) is -2.06. The highest BCUT2D eigenvalue weighted by Crippen LogP contribution is 2.31. The topological polar surface area (TPSA) is 117 Å². The molecule has 1 aromatic heterocycles. The Morgan fingerprint density at radius 1 is 0.968 bits per heavy atom. The second kappa shape index (κ2) is 8.52. The molecule has 10 heteroatoms. The highest BCUT2D eigenvalue weighted by Gasteiger charge is 2.37. The molecule has 9 nitrogen and oxygen atoms in total. The second-order valence-corrected chi connectivity index (χ2v) is 7.70. The molecule has 0 bridgehead atoms. The number of fused-ring (bicyclic) bond motifs is 1. The van der Waals surface area contributed by atoms with Gasteiger partial charge in [0.1, 0.15) is 6.54 Å². The fraction of sp³-hybridized carbons (Fsp3) is 0.143. The number of benzene rings is 1. The van der Waals surface area contributed by atoms with Crippen molar-refractivity contribution in [3.8, 4) is 0 Å². The lowest BCUT2D eigenvalue weighted by atomic mass is 10.1. The summed E-state index contributed by atoms with van der Waals surface area (Å²) in [5, 5.41) is 2.10. The molecule has 156 valence electrons. The Morgan fingerprint density at radius 3 is 2.32 bits per heavy atom. The fourth-order valence-corrected chi connectivity index (χ4v) is 4.06. The average Bonchev–Trinajstić information content (AvgIpc) is 3.17. The quantitative estimate of drug-likeness (QED) is 0.539. The van der Waals surface area contributed by atoms with Gasteiger partial charge >= 0.3 is 0 Å². The van der Waals surface area contributed by atoms with E-state index in [2.05, 4.69) is 10.3 Å². The largest absolute Gasteiger partial charge is 0.353 e. The highest BCUT2D eigenvalue weighted by atomic mass is 32.2. The minimum absolute atomic E-state index is 0.000214. The van der Waals surface area contributed by atoms with Gasteiger partial charge < -0.3 is 5.32 Å². The van der Waals surface area contributed by atoms with E-state index in [1.807, 2.05) is 0 Å². The summed E-state index contributed by atoms with van der Waals surface area (Å²) in [6.07, 6.45) is 4.76. The standard InChI is InChI=1S/C21H16N4O5S/c26-17(12-25-18(27)14-5-1-2-6-15(14)19(25)28)23-8-9-24-20(29)16(31-21(24)30)10-13-4-3-7-22-11-13/h1-7,10-11H,8-9,12H2,(H,23,26). The summed E-state index contributed by atoms with van der Waals surface area (Å²) in [6, 6.07) is 9.85. The van der Waals surface area contributed by atoms with Crippen LogP contribution in [0.5, 0.6) is 0 Å². The number of carbonyl (C=O) groups is 5. The van der Waals surface area contributed by atoms with Crippen LogP contribution in [0.15, 0.2) is 53.7 Å². The number of aromatic nitrogens is 1. The van der Waals surface area contributed by atoms with Crippen molar-refractivity contribution < 1.29 is 24.0 Å². The van der Waals surface area contributed by atoms with Gasteiger partial charge in [-0.1, -0.05) is 18.2 Å². The second-order valence-electron chi connectivity index (χ2n) is 6.71. The number of amides is 5. The summed E-state index contributed by atoms with van der Waals surface area (Å²) < 4.78 is 0. The van der Waals surface area contributed by atoms with Crippen molar-refractivity contribution in [3.63, 3.8) is 0 Å². The van der Waals surface area contributed by atoms with Crippen LogP contribution in [0.4, 0.5) is 4.79 Å². The molecule has 1 fully saturated rings. The third-order valence-corrected chi connectivity index (χ3v) is 5.60. The minimum atomic E-state index is -0.563. The van der Waals surface area contributed by atoms with E-state index in [1.54, 1.807) is 42.7 Å². The molecular weight excluding hydrogens is 420 g/mol. The van der Waals surface area contributed by atoms with Crippen LogP contribution >= 0.6 is 11.8 Å². The third kappa shape index (κ3) is 4.10. The zero-order valence-corrected chi connectivity index (χ0v) is 16.9. The summed E-state index contributed by atoms with van der Waals surface area (Å²) in [6.45, 7) is -0.460. The van der Waals surface area contributed by atoms with Gasteiger partial charge in [-0.05, 0) is 41.6 Å². The number of hydrogen-bond donors (Lipinski definition) is 1. The zero-order valence-electron chi connectivity index (χ0n) is 16.1. The minimum Gasteiger partial charge on any atom is -0.353 e. The van der Waals surface area contributed by atoms with Crippen LogP contribution in [0, 0.1) is 0 Å². The number of imide groups is 2. The van der Waals surface area contributed by atoms with Crippen LogP contribution in [0.3, 0.4) is 0 Å². The number of rotatable bonds is 6. The first-order valence-corrected chi connectivity index (χ1v) is 10.1. The van der Waals surface area contributed by atoms with E-state index in [4.69, 9.17) is 0 Å². The first-order valence-electron chi connectivity index (χ1n) is 9.33. The lowest BCUT2D eigenvalue weighted by molar-refractivity contribution is -0.124. The Bertz CT molecular complexity index is 1100. The molecule has 0 radical (unpaired) electrons. The maximum atomic E-state index is 12.5. The molecule has 2 aliphatic heterocycles. The van der Waals surface area contributed by atoms with Gasteiger partial charge in [-0.25, -0.2) is 0 Å². The Balaban J connectivity index is 1.31. The first kappa shape index (κ1) is 20.5. The van der Waals surface area contributed by atoms with Gasteiger partial charge in [0, 0.05) is 25.5 Å². The third-order valence-electron chi connectivity index (χ3n) is 4.69. The van der Waals surface area contributed by atoms with E-state index >= 15 is 0 Å². The van der Waals surface area contributed by atoms with E-state index in [-0.39, 0.29) is 29.1 Å². The monoisotopic (exact) mass is 436 g/mol. The molecular formula is C21H16N4O5S. The van der Waals surface area contributed by atoms with Crippen molar-refractivity contribution in [2.45, 2.75) is 0 Å². The molecule has 3 heterocycles. The Kier molecular flexibility index (Phi) is 5.63. The van der Waals surface area contributed by atoms with E-state index in [0.717, 1.165) is 21.6 Å². The summed E-state index contributed by atoms with van der Waals surface area (Å²) in [7, 11) is 0. The van der Waals surface area contributed by atoms with Crippen molar-refractivity contribution in [1.29, 1.82) is 0 Å². The number of hydrogen-bond acceptors (Lipinski definition) is 7. The molecule has 5 amide bonds. The number of pyridine rings is 1. The van der Waals surface area contributed by atoms with E-state index in [0.29, 0.717) is 5.56 Å². The predicted octanol–water partition coefficient (Wildman–Crippen LogP) is 1.53. The number of nitrogens with zero attached hydrogens (tertiary/aromatic N) is 3. The maximum absolute atomic E-state index is 12.5. The van der Waals surface area contributed by atoms with E-state index in [1.165, 1.54) is 12.1 Å². The van der Waals surface area contributed by atoms with Gasteiger partial charge in [0.25, 0.3) is 23.0 Å². The molecule has 1 saturated heterocycles. The maximum Gasteiger partial charge on any atom is 0.293 e. The molecule has 0 aliphatic carbocycles. The molecule has 31 heavy (non-hydrogen) atoms. The summed E-state index contributed by atoms with van der Waals surface area (Å²) in [5.41, 5.74) is 1.22. The van der Waals surface area contributed by atoms with Gasteiger partial charge in [0.05, 0.1) is 16.0 Å². The molecule has 0 unspecified atom stereocenters. The SMILES string of the molecule is O=C(CN1C(=O)c2ccccc2C1=O)NCCN1C(=O)SC(=Cc2cccnc2)C1=O. The molecule has 4 rings (SSSR count). The number of thioether (sulfide) groups is 1. The van der Waals surface area contributed by atoms with Crippen LogP contribution in [-0.2, 0) is 9.59 Å². The van der Waals surface area contributed by atoms with Crippen molar-refractivity contribution >= 4 is 46.7 Å². The predicted molar refractivity (Wildman–Crippen MR) is 112 cm³/mol. The van der Waals surface area contributed by atoms with E-state index in [9.17, 15) is 24.0 Å². The van der Waals surface area contributed by atoms with Crippen molar-refractivity contribution in [2.75, 3.05) is 19.6 Å². The van der Waals surface area contributed by atoms with Gasteiger partial charge in [-0.2, -0.15) is 0 Å². The van der Waals surface area contributed by atoms with Crippen molar-refractivity contribution in [3.05, 3.63) is 70.4 Å². The molecule has 0 atom stereocenters. The lowest BCUT2D eigenvalue weighted by Crippen LogP contribution is -2.43. The Labute approximate surface area is 181 Å². The van der Waals surface area contributed by atoms with Gasteiger partial charge in [-0.15, -0.1) is 0 Å². The zero-order chi connectivity index (χ0) is 22.0. The van der Waals surface area contributed by atoms with Crippen molar-refractivity contribution in [1.82, 2.24) is 20.1 Å². The Morgan fingerprint density at radius 2 is 1.68 bits per heavy atom. The summed E-state index contributed by atoms with van der Waals surface area (Å²) >= 11 is 0.816. The van der Waals surface area contributed by atoms with Crippen LogP contribution in [-0.4, -0.2) is 63.3 Å². The summed E-state index contributed by atoms with van der Waals surface area (Å²) in [4.78, 5) is 67.6. The molecule has 2 aromatic rings. The fourth-order valence-electron chi connectivity index (χ4n) is 3.19. The van der Waals surface area contributed by atoms with Gasteiger partial charge in [0.2, 0.25) is 5.91 Å². The van der Waals surface area contributed by atoms with Crippen LogP contribution < -0.4 is 5.32 Å². The average molecular weight is 436 g/mol. The molecule has 1 N–H and O–H groups in total. The van der Waals surface area contributed by atoms with E-state index < -0.39 is 35.4 Å².